The van der Waals surface area contributed by atoms with E-state index < -0.39 is 0 Å². The van der Waals surface area contributed by atoms with Gasteiger partial charge in [0.05, 0.1) is 33.6 Å². The summed E-state index contributed by atoms with van der Waals surface area (Å²) >= 11 is 0. The molecular formula is C23H29NO5. The van der Waals surface area contributed by atoms with Gasteiger partial charge in [-0.1, -0.05) is 13.8 Å². The molecular weight excluding hydrogens is 370 g/mol. The quantitative estimate of drug-likeness (QED) is 0.377. The zero-order valence-corrected chi connectivity index (χ0v) is 17.9. The Morgan fingerprint density at radius 2 is 1.76 bits per heavy atom. The van der Waals surface area contributed by atoms with Gasteiger partial charge in [0, 0.05) is 22.8 Å². The zero-order valence-electron chi connectivity index (χ0n) is 17.9. The summed E-state index contributed by atoms with van der Waals surface area (Å²) in [7, 11) is 4.70. The van der Waals surface area contributed by atoms with Crippen molar-refractivity contribution in [3.8, 4) is 23.0 Å². The molecule has 0 saturated heterocycles. The van der Waals surface area contributed by atoms with E-state index in [1.807, 2.05) is 32.9 Å². The normalized spacial score (nSPS) is 11.3. The third-order valence-corrected chi connectivity index (χ3v) is 4.49. The minimum atomic E-state index is -0.107. The van der Waals surface area contributed by atoms with E-state index in [1.54, 1.807) is 45.6 Å². The summed E-state index contributed by atoms with van der Waals surface area (Å²) in [5.41, 5.74) is 8.26. The number of carbonyl (C=O) groups excluding carboxylic acids is 1. The third kappa shape index (κ3) is 5.02. The van der Waals surface area contributed by atoms with Crippen LogP contribution in [0.2, 0.25) is 0 Å². The summed E-state index contributed by atoms with van der Waals surface area (Å²) in [4.78, 5) is 13.3. The predicted octanol–water partition coefficient (Wildman–Crippen LogP) is 4.62. The highest BCUT2D eigenvalue weighted by Crippen LogP contribution is 2.38. The van der Waals surface area contributed by atoms with Gasteiger partial charge < -0.3 is 24.7 Å². The van der Waals surface area contributed by atoms with Crippen molar-refractivity contribution < 1.29 is 23.7 Å². The summed E-state index contributed by atoms with van der Waals surface area (Å²) in [5.74, 6) is 2.03. The van der Waals surface area contributed by atoms with Gasteiger partial charge in [0.1, 0.15) is 11.5 Å². The highest BCUT2D eigenvalue weighted by Gasteiger charge is 2.20. The fraction of sp³-hybridized carbons (Fsp3) is 0.348. The number of hydrogen-bond acceptors (Lipinski definition) is 6. The van der Waals surface area contributed by atoms with Crippen molar-refractivity contribution in [3.05, 3.63) is 47.0 Å². The maximum Gasteiger partial charge on any atom is 0.189 e. The predicted molar refractivity (Wildman–Crippen MR) is 115 cm³/mol. The number of rotatable bonds is 9. The minimum absolute atomic E-state index is 0.0301. The molecule has 0 saturated carbocycles. The first-order valence-electron chi connectivity index (χ1n) is 9.44. The van der Waals surface area contributed by atoms with E-state index in [2.05, 4.69) is 0 Å². The van der Waals surface area contributed by atoms with Crippen molar-refractivity contribution in [2.75, 3.05) is 33.7 Å². The van der Waals surface area contributed by atoms with Crippen molar-refractivity contribution in [3.63, 3.8) is 0 Å². The van der Waals surface area contributed by atoms with E-state index in [4.69, 9.17) is 24.7 Å². The van der Waals surface area contributed by atoms with E-state index in [1.165, 1.54) is 0 Å². The average molecular weight is 399 g/mol. The lowest BCUT2D eigenvalue weighted by Gasteiger charge is -2.16. The highest BCUT2D eigenvalue weighted by atomic mass is 16.5. The van der Waals surface area contributed by atoms with Gasteiger partial charge in [-0.25, -0.2) is 0 Å². The standard InChI is InChI=1S/C23H29NO5/c1-7-29-20-12-15(8-9-19(20)24)22(25)18(14(2)3)11-16-10-17(26-4)13-21(27-5)23(16)28-6/h8-14H,7,24H2,1-6H3/b18-11+. The van der Waals surface area contributed by atoms with Crippen molar-refractivity contribution in [2.24, 2.45) is 5.92 Å². The van der Waals surface area contributed by atoms with Crippen LogP contribution in [0.1, 0.15) is 36.7 Å². The first-order valence-corrected chi connectivity index (χ1v) is 9.44. The Balaban J connectivity index is 2.59. The van der Waals surface area contributed by atoms with Crippen LogP contribution in [0.4, 0.5) is 5.69 Å². The smallest absolute Gasteiger partial charge is 0.189 e. The summed E-state index contributed by atoms with van der Waals surface area (Å²) in [6.07, 6.45) is 1.81. The molecule has 0 heterocycles. The van der Waals surface area contributed by atoms with Crippen LogP contribution in [0.25, 0.3) is 6.08 Å². The molecule has 156 valence electrons. The number of hydrogen-bond donors (Lipinski definition) is 1. The van der Waals surface area contributed by atoms with E-state index in [9.17, 15) is 4.79 Å². The molecule has 0 radical (unpaired) electrons. The second-order valence-electron chi connectivity index (χ2n) is 6.72. The Labute approximate surface area is 172 Å². The topological polar surface area (TPSA) is 80.0 Å². The van der Waals surface area contributed by atoms with E-state index in [0.717, 1.165) is 0 Å². The lowest BCUT2D eigenvalue weighted by molar-refractivity contribution is 0.102. The number of benzene rings is 2. The van der Waals surface area contributed by atoms with Crippen LogP contribution in [0.15, 0.2) is 35.9 Å². The molecule has 2 aromatic carbocycles. The molecule has 2 aromatic rings. The second kappa shape index (κ2) is 9.87. The number of Topliss-reactive ketones (excluding diaryl/α,β-unsaturated/α-hetero) is 1. The van der Waals surface area contributed by atoms with E-state index in [0.29, 0.717) is 52.0 Å². The average Bonchev–Trinajstić information content (AvgIpc) is 2.72. The molecule has 0 atom stereocenters. The Bertz CT molecular complexity index is 902. The largest absolute Gasteiger partial charge is 0.497 e. The number of nitrogen functional groups attached to an aromatic ring is 1. The Morgan fingerprint density at radius 3 is 2.31 bits per heavy atom. The maximum atomic E-state index is 13.3. The molecule has 6 heteroatoms. The number of ether oxygens (including phenoxy) is 4. The molecule has 2 rings (SSSR count). The van der Waals surface area contributed by atoms with E-state index in [-0.39, 0.29) is 11.7 Å². The van der Waals surface area contributed by atoms with Gasteiger partial charge in [-0.05, 0) is 43.2 Å². The fourth-order valence-corrected chi connectivity index (χ4v) is 2.98. The van der Waals surface area contributed by atoms with Crippen molar-refractivity contribution in [2.45, 2.75) is 20.8 Å². The molecule has 6 nitrogen and oxygen atoms in total. The van der Waals surface area contributed by atoms with Gasteiger partial charge in [-0.2, -0.15) is 0 Å². The van der Waals surface area contributed by atoms with Crippen LogP contribution in [0.3, 0.4) is 0 Å². The van der Waals surface area contributed by atoms with Crippen molar-refractivity contribution >= 4 is 17.5 Å². The van der Waals surface area contributed by atoms with Gasteiger partial charge in [-0.15, -0.1) is 0 Å². The second-order valence-corrected chi connectivity index (χ2v) is 6.72. The molecule has 0 aromatic heterocycles. The molecule has 0 unspecified atom stereocenters. The van der Waals surface area contributed by atoms with Crippen LogP contribution >= 0.6 is 0 Å². The number of allylic oxidation sites excluding steroid dienone is 1. The molecule has 29 heavy (non-hydrogen) atoms. The zero-order chi connectivity index (χ0) is 21.6. The highest BCUT2D eigenvalue weighted by molar-refractivity contribution is 6.12. The van der Waals surface area contributed by atoms with Crippen LogP contribution in [-0.2, 0) is 0 Å². The number of carbonyl (C=O) groups is 1. The molecule has 0 amide bonds. The van der Waals surface area contributed by atoms with Gasteiger partial charge in [0.15, 0.2) is 17.3 Å². The first kappa shape index (κ1) is 22.1. The van der Waals surface area contributed by atoms with Gasteiger partial charge in [0.25, 0.3) is 0 Å². The maximum absolute atomic E-state index is 13.3. The van der Waals surface area contributed by atoms with Crippen LogP contribution in [0.5, 0.6) is 23.0 Å². The number of nitrogens with two attached hydrogens (primary N) is 1. The molecule has 0 aliphatic carbocycles. The van der Waals surface area contributed by atoms with Crippen LogP contribution < -0.4 is 24.7 Å². The fourth-order valence-electron chi connectivity index (χ4n) is 2.98. The Morgan fingerprint density at radius 1 is 1.03 bits per heavy atom. The first-order chi connectivity index (χ1) is 13.9. The summed E-state index contributed by atoms with van der Waals surface area (Å²) in [6.45, 7) is 6.27. The number of methoxy groups -OCH3 is 3. The third-order valence-electron chi connectivity index (χ3n) is 4.49. The summed E-state index contributed by atoms with van der Waals surface area (Å²) in [6, 6.07) is 8.62. The monoisotopic (exact) mass is 399 g/mol. The molecule has 0 bridgehead atoms. The van der Waals surface area contributed by atoms with Gasteiger partial charge in [0.2, 0.25) is 0 Å². The SMILES string of the molecule is CCOc1cc(C(=O)/C(=C/c2cc(OC)cc(OC)c2OC)C(C)C)ccc1N. The molecule has 2 N–H and O–H groups in total. The lowest BCUT2D eigenvalue weighted by Crippen LogP contribution is -2.10. The summed E-state index contributed by atoms with van der Waals surface area (Å²) in [5, 5.41) is 0. The molecule has 0 aliphatic rings. The molecule has 0 spiro atoms. The Kier molecular flexibility index (Phi) is 7.53. The van der Waals surface area contributed by atoms with Crippen molar-refractivity contribution in [1.29, 1.82) is 0 Å². The number of ketones is 1. The summed E-state index contributed by atoms with van der Waals surface area (Å²) < 4.78 is 21.8. The van der Waals surface area contributed by atoms with Gasteiger partial charge in [-0.3, -0.25) is 4.79 Å². The van der Waals surface area contributed by atoms with Gasteiger partial charge >= 0.3 is 0 Å². The van der Waals surface area contributed by atoms with E-state index >= 15 is 0 Å². The van der Waals surface area contributed by atoms with Crippen LogP contribution in [0, 0.1) is 5.92 Å². The Hall–Kier alpha value is -3.15. The molecule has 0 aliphatic heterocycles. The minimum Gasteiger partial charge on any atom is -0.497 e. The van der Waals surface area contributed by atoms with Crippen LogP contribution in [-0.4, -0.2) is 33.7 Å². The number of anilines is 1. The molecule has 0 fully saturated rings. The lowest BCUT2D eigenvalue weighted by atomic mass is 9.92. The van der Waals surface area contributed by atoms with Crippen molar-refractivity contribution in [1.82, 2.24) is 0 Å².